The summed E-state index contributed by atoms with van der Waals surface area (Å²) in [6.07, 6.45) is 12.0. The summed E-state index contributed by atoms with van der Waals surface area (Å²) in [5.74, 6) is 0.753. The molecule has 1 saturated carbocycles. The molecule has 276 valence electrons. The predicted molar refractivity (Wildman–Crippen MR) is 203 cm³/mol. The van der Waals surface area contributed by atoms with Crippen LogP contribution in [0.2, 0.25) is 5.02 Å². The van der Waals surface area contributed by atoms with E-state index in [9.17, 15) is 13.8 Å². The van der Waals surface area contributed by atoms with E-state index in [0.29, 0.717) is 55.8 Å². The van der Waals surface area contributed by atoms with Gasteiger partial charge in [0.25, 0.3) is 5.91 Å². The number of ether oxygens (including phenoxy) is 2. The van der Waals surface area contributed by atoms with E-state index in [1.165, 1.54) is 11.1 Å². The van der Waals surface area contributed by atoms with E-state index in [1.54, 1.807) is 18.1 Å². The van der Waals surface area contributed by atoms with E-state index in [1.807, 2.05) is 43.5 Å². The number of hydrogen-bond donors (Lipinski definition) is 1. The summed E-state index contributed by atoms with van der Waals surface area (Å²) in [6, 6.07) is 15.1. The summed E-state index contributed by atoms with van der Waals surface area (Å²) in [7, 11) is -1.72. The zero-order valence-electron chi connectivity index (χ0n) is 30.0. The van der Waals surface area contributed by atoms with E-state index in [2.05, 4.69) is 42.8 Å². The molecular weight excluding hydrogens is 698 g/mol. The first-order valence-electron chi connectivity index (χ1n) is 18.6. The number of halogens is 1. The summed E-state index contributed by atoms with van der Waals surface area (Å²) < 4.78 is 36.6. The van der Waals surface area contributed by atoms with Crippen molar-refractivity contribution in [2.75, 3.05) is 44.0 Å². The first-order chi connectivity index (χ1) is 25.1. The number of amides is 3. The topological polar surface area (TPSA) is 105 Å². The van der Waals surface area contributed by atoms with Gasteiger partial charge in [-0.1, -0.05) is 36.7 Å². The van der Waals surface area contributed by atoms with Crippen LogP contribution < -0.4 is 14.4 Å². The molecule has 1 spiro atoms. The van der Waals surface area contributed by atoms with Crippen LogP contribution in [0.25, 0.3) is 0 Å². The second kappa shape index (κ2) is 14.2. The van der Waals surface area contributed by atoms with E-state index in [-0.39, 0.29) is 23.2 Å². The summed E-state index contributed by atoms with van der Waals surface area (Å²) in [5.41, 5.74) is 4.45. The summed E-state index contributed by atoms with van der Waals surface area (Å²) in [6.45, 7) is 5.51. The van der Waals surface area contributed by atoms with Crippen molar-refractivity contribution in [1.29, 1.82) is 0 Å². The quantitative estimate of drug-likeness (QED) is 0.284. The zero-order chi connectivity index (χ0) is 36.0. The number of anilines is 1. The predicted octanol–water partition coefficient (Wildman–Crippen LogP) is 7.00. The molecule has 1 fully saturated rings. The summed E-state index contributed by atoms with van der Waals surface area (Å²) in [4.78, 5) is 31.7. The van der Waals surface area contributed by atoms with Crippen molar-refractivity contribution >= 4 is 39.1 Å². The van der Waals surface area contributed by atoms with Crippen LogP contribution in [0, 0.1) is 17.8 Å². The van der Waals surface area contributed by atoms with Gasteiger partial charge in [-0.2, -0.15) is 0 Å². The number of benzene rings is 2. The highest BCUT2D eigenvalue weighted by Gasteiger charge is 2.44. The van der Waals surface area contributed by atoms with Crippen LogP contribution in [0.3, 0.4) is 0 Å². The molecule has 3 aromatic rings. The number of allylic oxidation sites excluding steroid dienone is 1. The number of rotatable bonds is 2. The molecule has 10 nitrogen and oxygen atoms in total. The van der Waals surface area contributed by atoms with E-state index < -0.39 is 21.9 Å². The Morgan fingerprint density at radius 3 is 2.87 bits per heavy atom. The molecule has 8 rings (SSSR count). The number of hydrogen-bond acceptors (Lipinski definition) is 6. The lowest BCUT2D eigenvalue weighted by atomic mass is 9.68. The molecule has 0 radical (unpaired) electrons. The van der Waals surface area contributed by atoms with Gasteiger partial charge >= 0.3 is 6.03 Å². The van der Waals surface area contributed by atoms with Crippen molar-refractivity contribution in [2.45, 2.75) is 70.1 Å². The average molecular weight is 746 g/mol. The fraction of sp³-hybridized carbons (Fsp3) is 0.500. The van der Waals surface area contributed by atoms with Gasteiger partial charge in [0.15, 0.2) is 0 Å². The molecule has 12 heteroatoms. The third kappa shape index (κ3) is 6.87. The molecule has 0 unspecified atom stereocenters. The molecule has 5 aliphatic rings. The Bertz CT molecular complexity index is 2020. The first-order valence-corrected chi connectivity index (χ1v) is 20.7. The van der Waals surface area contributed by atoms with Gasteiger partial charge in [-0.3, -0.25) is 9.52 Å². The summed E-state index contributed by atoms with van der Waals surface area (Å²) in [5, 5.41) is 0.745. The van der Waals surface area contributed by atoms with Crippen LogP contribution in [0.4, 0.5) is 10.5 Å². The molecule has 1 N–H and O–H groups in total. The van der Waals surface area contributed by atoms with Gasteiger partial charge in [0.1, 0.15) is 15.7 Å². The second-order valence-electron chi connectivity index (χ2n) is 15.5. The fourth-order valence-corrected chi connectivity index (χ4v) is 11.1. The van der Waals surface area contributed by atoms with Crippen molar-refractivity contribution in [1.82, 2.24) is 14.2 Å². The Hall–Kier alpha value is -3.80. The van der Waals surface area contributed by atoms with Crippen LogP contribution >= 0.6 is 11.6 Å². The lowest BCUT2D eigenvalue weighted by Gasteiger charge is -2.46. The largest absolute Gasteiger partial charge is 0.490 e. The molecule has 3 aliphatic heterocycles. The van der Waals surface area contributed by atoms with E-state index in [0.717, 1.165) is 61.6 Å². The first kappa shape index (κ1) is 35.2. The highest BCUT2D eigenvalue weighted by molar-refractivity contribution is 7.92. The van der Waals surface area contributed by atoms with Gasteiger partial charge in [-0.15, -0.1) is 4.36 Å². The normalized spacial score (nSPS) is 30.8. The van der Waals surface area contributed by atoms with Crippen molar-refractivity contribution < 1.29 is 23.3 Å². The Morgan fingerprint density at radius 1 is 1.15 bits per heavy atom. The van der Waals surface area contributed by atoms with Crippen LogP contribution in [-0.2, 0) is 39.6 Å². The third-order valence-corrected chi connectivity index (χ3v) is 14.1. The molecule has 3 amide bonds. The average Bonchev–Trinajstić information content (AvgIpc) is 3.53. The molecular formula is C40H48ClN5O5S. The van der Waals surface area contributed by atoms with Crippen LogP contribution in [-0.4, -0.2) is 70.8 Å². The molecule has 0 saturated heterocycles. The monoisotopic (exact) mass is 745 g/mol. The van der Waals surface area contributed by atoms with Crippen molar-refractivity contribution in [2.24, 2.45) is 22.1 Å². The molecule has 1 aromatic heterocycles. The maximum absolute atomic E-state index is 14.7. The second-order valence-corrected chi connectivity index (χ2v) is 17.9. The molecule has 2 aliphatic carbocycles. The molecule has 6 atom stereocenters. The number of nitrogens with zero attached hydrogens (tertiary/aromatic N) is 4. The maximum atomic E-state index is 14.7. The van der Waals surface area contributed by atoms with Gasteiger partial charge in [0.2, 0.25) is 0 Å². The molecule has 2 aromatic carbocycles. The number of aryl methyl sites for hydroxylation is 1. The minimum absolute atomic E-state index is 0.0366. The smallest absolute Gasteiger partial charge is 0.330 e. The molecule has 52 heavy (non-hydrogen) atoms. The number of carbonyl (C=O) groups excluding carboxylic acids is 2. The number of carbonyl (C=O) groups is 2. The molecule has 4 heterocycles. The van der Waals surface area contributed by atoms with Gasteiger partial charge < -0.3 is 23.8 Å². The molecule has 2 bridgehead atoms. The van der Waals surface area contributed by atoms with Gasteiger partial charge in [0.05, 0.1) is 30.7 Å². The SMILES string of the molecule is CO[C@H]1/C=C/C[C@H](C)C[S@@](=O)(NC(=O)N2CCn3cccc3C2)=NC(=O)c2ccc3c(c2)N(C[C@@H]2CC[C@H]21)C[C@@]1(CCCc2cc(Cl)ccc21)CO3. The number of aromatic nitrogens is 1. The lowest BCUT2D eigenvalue weighted by Crippen LogP contribution is -2.49. The van der Waals surface area contributed by atoms with Crippen molar-refractivity contribution in [3.8, 4) is 5.75 Å². The summed E-state index contributed by atoms with van der Waals surface area (Å²) >= 11 is 6.47. The Labute approximate surface area is 311 Å². The maximum Gasteiger partial charge on any atom is 0.330 e. The van der Waals surface area contributed by atoms with Crippen molar-refractivity contribution in [3.05, 3.63) is 94.3 Å². The fourth-order valence-electron chi connectivity index (χ4n) is 9.06. The van der Waals surface area contributed by atoms with Gasteiger partial charge in [-0.25, -0.2) is 9.00 Å². The van der Waals surface area contributed by atoms with Crippen LogP contribution in [0.5, 0.6) is 5.75 Å². The minimum atomic E-state index is -3.50. The van der Waals surface area contributed by atoms with Crippen molar-refractivity contribution in [3.63, 3.8) is 0 Å². The van der Waals surface area contributed by atoms with Crippen LogP contribution in [0.15, 0.2) is 71.2 Å². The Balaban J connectivity index is 1.17. The third-order valence-electron chi connectivity index (χ3n) is 11.9. The van der Waals surface area contributed by atoms with E-state index >= 15 is 0 Å². The van der Waals surface area contributed by atoms with Crippen LogP contribution in [0.1, 0.15) is 66.2 Å². The standard InChI is InChI=1S/C40H48ClN5O5S/c1-27-6-3-9-36(50-2)33-13-10-30(33)22-46-25-40(16-4-7-28-20-31(41)12-14-34(28)40)26-51-37-15-11-29(21-35(37)46)38(47)42-52(49,24-27)43-39(48)45-19-18-44-17-5-8-32(44)23-45/h3,5,8-9,11-12,14-15,17,20-21,27,30,33,36H,4,6-7,10,13,16,18-19,22-26H2,1-2H3,(H,42,43,47,48,49)/b9-3+/t27-,30-,33+,36-,40-,52-/m0/s1. The van der Waals surface area contributed by atoms with Gasteiger partial charge in [-0.05, 0) is 110 Å². The number of methoxy groups -OCH3 is 1. The Kier molecular flexibility index (Phi) is 9.63. The highest BCUT2D eigenvalue weighted by Crippen LogP contribution is 2.47. The van der Waals surface area contributed by atoms with E-state index in [4.69, 9.17) is 21.1 Å². The zero-order valence-corrected chi connectivity index (χ0v) is 31.5. The number of urea groups is 1. The number of fused-ring (bicyclic) bond motifs is 5. The lowest BCUT2D eigenvalue weighted by molar-refractivity contribution is 0.0131. The number of nitrogens with one attached hydrogen (secondary N) is 1. The Morgan fingerprint density at radius 2 is 2.04 bits per heavy atom. The highest BCUT2D eigenvalue weighted by atomic mass is 35.5. The minimum Gasteiger partial charge on any atom is -0.490 e. The van der Waals surface area contributed by atoms with Gasteiger partial charge in [0, 0.05) is 61.2 Å².